The van der Waals surface area contributed by atoms with Gasteiger partial charge in [0.1, 0.15) is 5.75 Å². The largest absolute Gasteiger partial charge is 0.495 e. The van der Waals surface area contributed by atoms with Crippen LogP contribution in [-0.2, 0) is 0 Å². The van der Waals surface area contributed by atoms with Crippen molar-refractivity contribution in [2.24, 2.45) is 11.8 Å². The number of carbonyl (C=O) groups excluding carboxylic acids is 1. The molecular weight excluding hydrogens is 464 g/mol. The number of amides is 1. The Balaban J connectivity index is 1.37. The first-order valence-corrected chi connectivity index (χ1v) is 11.7. The number of piperidine rings is 2. The SMILES string of the molecule is COc1ccc(NC(=O)c2ccc(N)cc2N2CCC3C(C2)C3(F)F)cc1N1CCC(F)(F)CC1. The first-order valence-electron chi connectivity index (χ1n) is 11.7. The van der Waals surface area contributed by atoms with Crippen molar-refractivity contribution < 1.29 is 27.1 Å². The van der Waals surface area contributed by atoms with Crippen LogP contribution in [-0.4, -0.2) is 51.0 Å². The van der Waals surface area contributed by atoms with Crippen molar-refractivity contribution in [3.63, 3.8) is 0 Å². The monoisotopic (exact) mass is 492 g/mol. The molecule has 3 fully saturated rings. The molecule has 5 rings (SSSR count). The maximum Gasteiger partial charge on any atom is 0.257 e. The van der Waals surface area contributed by atoms with Crippen molar-refractivity contribution in [3.8, 4) is 5.75 Å². The van der Waals surface area contributed by atoms with E-state index in [0.29, 0.717) is 47.0 Å². The number of alkyl halides is 4. The molecule has 3 aliphatic rings. The lowest BCUT2D eigenvalue weighted by atomic mass is 10.0. The van der Waals surface area contributed by atoms with E-state index in [2.05, 4.69) is 5.32 Å². The van der Waals surface area contributed by atoms with Crippen molar-refractivity contribution in [1.82, 2.24) is 0 Å². The number of hydrogen-bond acceptors (Lipinski definition) is 5. The fraction of sp³-hybridized carbons (Fsp3) is 0.480. The Morgan fingerprint density at radius 2 is 1.74 bits per heavy atom. The van der Waals surface area contributed by atoms with Crippen LogP contribution >= 0.6 is 0 Å². The topological polar surface area (TPSA) is 70.8 Å². The summed E-state index contributed by atoms with van der Waals surface area (Å²) >= 11 is 0. The van der Waals surface area contributed by atoms with E-state index in [-0.39, 0.29) is 32.5 Å². The Labute approximate surface area is 201 Å². The average molecular weight is 493 g/mol. The summed E-state index contributed by atoms with van der Waals surface area (Å²) in [5.41, 5.74) is 8.35. The molecule has 3 N–H and O–H groups in total. The summed E-state index contributed by atoms with van der Waals surface area (Å²) in [6.45, 7) is 0.940. The molecule has 0 aromatic heterocycles. The van der Waals surface area contributed by atoms with E-state index in [1.54, 1.807) is 41.3 Å². The lowest BCUT2D eigenvalue weighted by Gasteiger charge is -2.34. The molecule has 0 bridgehead atoms. The number of nitrogens with two attached hydrogens (primary N) is 1. The van der Waals surface area contributed by atoms with Gasteiger partial charge in [0.25, 0.3) is 17.8 Å². The van der Waals surface area contributed by atoms with E-state index in [4.69, 9.17) is 10.5 Å². The summed E-state index contributed by atoms with van der Waals surface area (Å²) in [6, 6.07) is 9.89. The van der Waals surface area contributed by atoms with E-state index in [1.807, 2.05) is 4.90 Å². The fourth-order valence-electron chi connectivity index (χ4n) is 5.24. The van der Waals surface area contributed by atoms with Gasteiger partial charge in [-0.25, -0.2) is 17.6 Å². The molecule has 188 valence electrons. The van der Waals surface area contributed by atoms with E-state index in [9.17, 15) is 22.4 Å². The van der Waals surface area contributed by atoms with Crippen LogP contribution in [0.1, 0.15) is 29.6 Å². The highest BCUT2D eigenvalue weighted by atomic mass is 19.3. The molecule has 0 radical (unpaired) electrons. The van der Waals surface area contributed by atoms with E-state index >= 15 is 0 Å². The molecule has 1 aliphatic carbocycles. The van der Waals surface area contributed by atoms with E-state index < -0.39 is 29.6 Å². The number of nitrogen functional groups attached to an aromatic ring is 1. The van der Waals surface area contributed by atoms with E-state index in [1.165, 1.54) is 7.11 Å². The van der Waals surface area contributed by atoms with Crippen molar-refractivity contribution in [1.29, 1.82) is 0 Å². The molecule has 2 aromatic carbocycles. The van der Waals surface area contributed by atoms with Crippen LogP contribution < -0.4 is 25.6 Å². The number of hydrogen-bond donors (Lipinski definition) is 2. The second-order valence-electron chi connectivity index (χ2n) is 9.58. The Morgan fingerprint density at radius 1 is 1.00 bits per heavy atom. The van der Waals surface area contributed by atoms with Crippen molar-refractivity contribution in [2.45, 2.75) is 31.1 Å². The van der Waals surface area contributed by atoms with Gasteiger partial charge in [0, 0.05) is 62.2 Å². The highest BCUT2D eigenvalue weighted by molar-refractivity contribution is 6.08. The number of nitrogens with zero attached hydrogens (tertiary/aromatic N) is 2. The molecule has 0 spiro atoms. The third-order valence-corrected chi connectivity index (χ3v) is 7.37. The van der Waals surface area contributed by atoms with Gasteiger partial charge in [0.05, 0.1) is 24.0 Å². The molecule has 35 heavy (non-hydrogen) atoms. The molecule has 1 amide bonds. The van der Waals surface area contributed by atoms with Gasteiger partial charge < -0.3 is 25.6 Å². The lowest BCUT2D eigenvalue weighted by Crippen LogP contribution is -2.39. The minimum Gasteiger partial charge on any atom is -0.495 e. The molecular formula is C25H28F4N4O2. The molecule has 2 aliphatic heterocycles. The molecule has 2 atom stereocenters. The third-order valence-electron chi connectivity index (χ3n) is 7.37. The van der Waals surface area contributed by atoms with Crippen LogP contribution in [0, 0.1) is 11.8 Å². The second-order valence-corrected chi connectivity index (χ2v) is 9.58. The number of ether oxygens (including phenoxy) is 1. The van der Waals surface area contributed by atoms with Crippen molar-refractivity contribution in [3.05, 3.63) is 42.0 Å². The first-order chi connectivity index (χ1) is 16.6. The molecule has 2 saturated heterocycles. The number of fused-ring (bicyclic) bond motifs is 1. The molecule has 1 saturated carbocycles. The highest BCUT2D eigenvalue weighted by Crippen LogP contribution is 2.59. The van der Waals surface area contributed by atoms with Gasteiger partial charge >= 0.3 is 0 Å². The van der Waals surface area contributed by atoms with Gasteiger partial charge in [-0.05, 0) is 42.8 Å². The van der Waals surface area contributed by atoms with Crippen LogP contribution in [0.4, 0.5) is 40.3 Å². The molecule has 2 aromatic rings. The number of methoxy groups -OCH3 is 1. The number of nitrogens with one attached hydrogen (secondary N) is 1. The first kappa shape index (κ1) is 23.6. The molecule has 2 unspecified atom stereocenters. The Bertz CT molecular complexity index is 1130. The minimum absolute atomic E-state index is 0.171. The zero-order chi connectivity index (χ0) is 25.0. The maximum absolute atomic E-state index is 13.9. The second kappa shape index (κ2) is 8.49. The van der Waals surface area contributed by atoms with Gasteiger partial charge in [-0.1, -0.05) is 0 Å². The Hall–Kier alpha value is -3.17. The zero-order valence-electron chi connectivity index (χ0n) is 19.4. The van der Waals surface area contributed by atoms with Crippen LogP contribution in [0.15, 0.2) is 36.4 Å². The summed E-state index contributed by atoms with van der Waals surface area (Å²) < 4.78 is 60.5. The number of anilines is 4. The van der Waals surface area contributed by atoms with Crippen LogP contribution in [0.3, 0.4) is 0 Å². The molecule has 10 heteroatoms. The van der Waals surface area contributed by atoms with Crippen LogP contribution in [0.25, 0.3) is 0 Å². The van der Waals surface area contributed by atoms with Gasteiger partial charge in [-0.2, -0.15) is 0 Å². The fourth-order valence-corrected chi connectivity index (χ4v) is 5.24. The zero-order valence-corrected chi connectivity index (χ0v) is 19.4. The highest BCUT2D eigenvalue weighted by Gasteiger charge is 2.69. The minimum atomic E-state index is -2.68. The summed E-state index contributed by atoms with van der Waals surface area (Å²) in [5.74, 6) is -6.49. The van der Waals surface area contributed by atoms with Crippen molar-refractivity contribution in [2.75, 3.05) is 54.1 Å². The number of halogens is 4. The quantitative estimate of drug-likeness (QED) is 0.461. The maximum atomic E-state index is 13.9. The van der Waals surface area contributed by atoms with E-state index in [0.717, 1.165) is 0 Å². The number of carbonyl (C=O) groups is 1. The van der Waals surface area contributed by atoms with Gasteiger partial charge in [0.2, 0.25) is 0 Å². The molecule has 2 heterocycles. The van der Waals surface area contributed by atoms with Crippen LogP contribution in [0.2, 0.25) is 0 Å². The Kier molecular flexibility index (Phi) is 5.72. The standard InChI is InChI=1S/C25H28F4N4O2/c1-35-22-5-3-16(13-21(22)32-10-7-24(26,27)8-11-32)31-23(34)17-4-2-15(30)12-20(17)33-9-6-18-19(14-33)25(18,28)29/h2-5,12-13,18-19H,6-11,14,30H2,1H3,(H,31,34). The Morgan fingerprint density at radius 3 is 2.43 bits per heavy atom. The summed E-state index contributed by atoms with van der Waals surface area (Å²) in [4.78, 5) is 16.9. The molecule has 6 nitrogen and oxygen atoms in total. The summed E-state index contributed by atoms with van der Waals surface area (Å²) in [7, 11) is 1.50. The normalized spacial score (nSPS) is 24.5. The van der Waals surface area contributed by atoms with Crippen molar-refractivity contribution >= 4 is 28.7 Å². The predicted molar refractivity (Wildman–Crippen MR) is 127 cm³/mol. The third kappa shape index (κ3) is 4.46. The lowest BCUT2D eigenvalue weighted by molar-refractivity contribution is -0.0221. The smallest absolute Gasteiger partial charge is 0.257 e. The van der Waals surface area contributed by atoms with Gasteiger partial charge in [0.15, 0.2) is 0 Å². The van der Waals surface area contributed by atoms with Gasteiger partial charge in [-0.3, -0.25) is 4.79 Å². The summed E-state index contributed by atoms with van der Waals surface area (Å²) in [6.07, 6.45) is -0.138. The summed E-state index contributed by atoms with van der Waals surface area (Å²) in [5, 5.41) is 2.86. The van der Waals surface area contributed by atoms with Crippen LogP contribution in [0.5, 0.6) is 5.75 Å². The number of rotatable bonds is 5. The van der Waals surface area contributed by atoms with Gasteiger partial charge in [-0.15, -0.1) is 0 Å². The number of benzene rings is 2. The average Bonchev–Trinajstić information content (AvgIpc) is 3.38. The predicted octanol–water partition coefficient (Wildman–Crippen LogP) is 4.86.